The zero-order valence-corrected chi connectivity index (χ0v) is 16.5. The molecule has 1 heterocycles. The fraction of sp³-hybridized carbons (Fsp3) is 0.429. The molecule has 1 unspecified atom stereocenters. The number of hydrogen-bond acceptors (Lipinski definition) is 6. The molecule has 148 valence electrons. The van der Waals surface area contributed by atoms with Crippen LogP contribution in [0.3, 0.4) is 0 Å². The van der Waals surface area contributed by atoms with E-state index < -0.39 is 22.2 Å². The van der Waals surface area contributed by atoms with Gasteiger partial charge in [-0.15, -0.1) is 0 Å². The van der Waals surface area contributed by atoms with Crippen LogP contribution in [-0.4, -0.2) is 23.3 Å². The number of hydrogen-bond donors (Lipinski definition) is 1. The molecule has 0 spiro atoms. The number of allylic oxidation sites excluding steroid dienone is 3. The van der Waals surface area contributed by atoms with Crippen LogP contribution in [0.1, 0.15) is 52.0 Å². The van der Waals surface area contributed by atoms with Gasteiger partial charge in [0, 0.05) is 34.0 Å². The van der Waals surface area contributed by atoms with Gasteiger partial charge in [0.05, 0.1) is 23.0 Å². The Morgan fingerprint density at radius 1 is 1.36 bits per heavy atom. The van der Waals surface area contributed by atoms with Gasteiger partial charge in [-0.1, -0.05) is 32.0 Å². The number of nitro benzene ring substituents is 1. The van der Waals surface area contributed by atoms with E-state index in [1.165, 1.54) is 6.07 Å². The Hall–Kier alpha value is -2.96. The van der Waals surface area contributed by atoms with Crippen molar-refractivity contribution in [1.82, 2.24) is 5.32 Å². The quantitative estimate of drug-likeness (QED) is 0.482. The number of ketones is 1. The standard InChI is InChI=1S/C21H24N2O5/c1-5-28-20(25)16-12(2)22-14-10-11-21(3,4)19(24)18(14)17(16)13-8-6-7-9-15(13)23(26)27/h6-9,17,22H,5,10-11H2,1-4H3. The van der Waals surface area contributed by atoms with Crippen LogP contribution in [0.25, 0.3) is 0 Å². The first-order chi connectivity index (χ1) is 13.2. The van der Waals surface area contributed by atoms with Crippen LogP contribution in [0.15, 0.2) is 46.8 Å². The second-order valence-corrected chi connectivity index (χ2v) is 7.74. The van der Waals surface area contributed by atoms with Crippen LogP contribution in [0, 0.1) is 15.5 Å². The van der Waals surface area contributed by atoms with Crippen molar-refractivity contribution in [3.05, 3.63) is 62.5 Å². The van der Waals surface area contributed by atoms with Crippen molar-refractivity contribution in [3.8, 4) is 0 Å². The number of ether oxygens (including phenoxy) is 1. The monoisotopic (exact) mass is 384 g/mol. The second kappa shape index (κ2) is 7.22. The minimum Gasteiger partial charge on any atom is -0.463 e. The van der Waals surface area contributed by atoms with E-state index in [2.05, 4.69) is 5.32 Å². The summed E-state index contributed by atoms with van der Waals surface area (Å²) >= 11 is 0. The van der Waals surface area contributed by atoms with E-state index in [4.69, 9.17) is 4.74 Å². The highest BCUT2D eigenvalue weighted by molar-refractivity contribution is 6.06. The molecule has 7 heteroatoms. The number of carbonyl (C=O) groups is 2. The van der Waals surface area contributed by atoms with Gasteiger partial charge in [0.15, 0.2) is 5.78 Å². The van der Waals surface area contributed by atoms with Crippen LogP contribution in [0.4, 0.5) is 5.69 Å². The number of rotatable bonds is 4. The topological polar surface area (TPSA) is 98.5 Å². The summed E-state index contributed by atoms with van der Waals surface area (Å²) in [6, 6.07) is 6.26. The van der Waals surface area contributed by atoms with Gasteiger partial charge in [0.25, 0.3) is 5.69 Å². The van der Waals surface area contributed by atoms with Crippen molar-refractivity contribution in [3.63, 3.8) is 0 Å². The Labute approximate surface area is 163 Å². The molecule has 28 heavy (non-hydrogen) atoms. The van der Waals surface area contributed by atoms with Gasteiger partial charge in [-0.3, -0.25) is 14.9 Å². The van der Waals surface area contributed by atoms with Crippen LogP contribution in [-0.2, 0) is 14.3 Å². The number of carbonyl (C=O) groups excluding carboxylic acids is 2. The second-order valence-electron chi connectivity index (χ2n) is 7.74. The molecule has 1 aliphatic heterocycles. The van der Waals surface area contributed by atoms with E-state index >= 15 is 0 Å². The molecule has 0 saturated carbocycles. The normalized spacial score (nSPS) is 21.1. The number of benzene rings is 1. The molecule has 1 atom stereocenters. The Kier molecular flexibility index (Phi) is 5.10. The molecule has 0 amide bonds. The SMILES string of the molecule is CCOC(=O)C1=C(C)NC2=C(C(=O)C(C)(C)CC2)C1c1ccccc1[N+](=O)[O-]. The van der Waals surface area contributed by atoms with Gasteiger partial charge in [0.2, 0.25) is 0 Å². The number of esters is 1. The Balaban J connectivity index is 2.28. The summed E-state index contributed by atoms with van der Waals surface area (Å²) < 4.78 is 5.23. The summed E-state index contributed by atoms with van der Waals surface area (Å²) in [5.74, 6) is -1.50. The summed E-state index contributed by atoms with van der Waals surface area (Å²) in [7, 11) is 0. The zero-order valence-electron chi connectivity index (χ0n) is 16.5. The average molecular weight is 384 g/mol. The molecule has 1 aliphatic carbocycles. The van der Waals surface area contributed by atoms with Gasteiger partial charge < -0.3 is 10.1 Å². The Morgan fingerprint density at radius 2 is 2.04 bits per heavy atom. The van der Waals surface area contributed by atoms with Crippen LogP contribution >= 0.6 is 0 Å². The van der Waals surface area contributed by atoms with Crippen molar-refractivity contribution in [2.75, 3.05) is 6.61 Å². The fourth-order valence-electron chi connectivity index (χ4n) is 3.97. The minimum absolute atomic E-state index is 0.0984. The lowest BCUT2D eigenvalue weighted by Crippen LogP contribution is -2.40. The number of para-hydroxylation sites is 1. The third-order valence-corrected chi connectivity index (χ3v) is 5.44. The van der Waals surface area contributed by atoms with E-state index in [9.17, 15) is 19.7 Å². The van der Waals surface area contributed by atoms with E-state index in [1.807, 2.05) is 13.8 Å². The molecule has 7 nitrogen and oxygen atoms in total. The maximum absolute atomic E-state index is 13.3. The summed E-state index contributed by atoms with van der Waals surface area (Å²) in [5, 5.41) is 14.9. The van der Waals surface area contributed by atoms with Crippen LogP contribution in [0.5, 0.6) is 0 Å². The first kappa shape index (κ1) is 19.8. The smallest absolute Gasteiger partial charge is 0.336 e. The van der Waals surface area contributed by atoms with Gasteiger partial charge >= 0.3 is 5.97 Å². The van der Waals surface area contributed by atoms with E-state index in [-0.39, 0.29) is 23.7 Å². The number of nitrogens with one attached hydrogen (secondary N) is 1. The molecule has 0 aromatic heterocycles. The summed E-state index contributed by atoms with van der Waals surface area (Å²) in [5.41, 5.74) is 1.58. The van der Waals surface area contributed by atoms with Gasteiger partial charge in [-0.25, -0.2) is 4.79 Å². The van der Waals surface area contributed by atoms with Crippen LogP contribution < -0.4 is 5.32 Å². The lowest BCUT2D eigenvalue weighted by Gasteiger charge is -2.39. The predicted octanol–water partition coefficient (Wildman–Crippen LogP) is 3.76. The number of nitrogens with zero attached hydrogens (tertiary/aromatic N) is 1. The summed E-state index contributed by atoms with van der Waals surface area (Å²) in [4.78, 5) is 37.3. The number of dihydropyridines is 1. The molecule has 1 N–H and O–H groups in total. The molecule has 0 saturated heterocycles. The van der Waals surface area contributed by atoms with Gasteiger partial charge in [-0.05, 0) is 26.7 Å². The summed E-state index contributed by atoms with van der Waals surface area (Å²) in [6.07, 6.45) is 1.31. The highest BCUT2D eigenvalue weighted by atomic mass is 16.6. The van der Waals surface area contributed by atoms with Gasteiger partial charge in [-0.2, -0.15) is 0 Å². The van der Waals surface area contributed by atoms with E-state index in [0.717, 1.165) is 5.70 Å². The first-order valence-electron chi connectivity index (χ1n) is 9.35. The van der Waals surface area contributed by atoms with Crippen molar-refractivity contribution >= 4 is 17.4 Å². The number of Topliss-reactive ketones (excluding diaryl/α,β-unsaturated/α-hetero) is 1. The third-order valence-electron chi connectivity index (χ3n) is 5.44. The third kappa shape index (κ3) is 3.21. The maximum Gasteiger partial charge on any atom is 0.336 e. The molecule has 1 aromatic carbocycles. The van der Waals surface area contributed by atoms with Crippen molar-refractivity contribution < 1.29 is 19.2 Å². The molecule has 0 bridgehead atoms. The molecule has 3 rings (SSSR count). The number of nitro groups is 1. The highest BCUT2D eigenvalue weighted by Gasteiger charge is 2.46. The summed E-state index contributed by atoms with van der Waals surface area (Å²) in [6.45, 7) is 7.34. The van der Waals surface area contributed by atoms with E-state index in [0.29, 0.717) is 29.7 Å². The lowest BCUT2D eigenvalue weighted by molar-refractivity contribution is -0.385. The maximum atomic E-state index is 13.3. The highest BCUT2D eigenvalue weighted by Crippen LogP contribution is 2.48. The predicted molar refractivity (Wildman–Crippen MR) is 103 cm³/mol. The molecule has 0 radical (unpaired) electrons. The van der Waals surface area contributed by atoms with Crippen molar-refractivity contribution in [2.24, 2.45) is 5.41 Å². The van der Waals surface area contributed by atoms with Crippen molar-refractivity contribution in [2.45, 2.75) is 46.5 Å². The van der Waals surface area contributed by atoms with Crippen LogP contribution in [0.2, 0.25) is 0 Å². The molecular formula is C21H24N2O5. The van der Waals surface area contributed by atoms with E-state index in [1.54, 1.807) is 32.0 Å². The van der Waals surface area contributed by atoms with Gasteiger partial charge in [0.1, 0.15) is 0 Å². The molecule has 2 aliphatic rings. The largest absolute Gasteiger partial charge is 0.463 e. The molecule has 1 aromatic rings. The molecular weight excluding hydrogens is 360 g/mol. The Bertz CT molecular complexity index is 926. The zero-order chi connectivity index (χ0) is 20.6. The van der Waals surface area contributed by atoms with Crippen molar-refractivity contribution in [1.29, 1.82) is 0 Å². The Morgan fingerprint density at radius 3 is 2.68 bits per heavy atom. The lowest BCUT2D eigenvalue weighted by atomic mass is 9.67. The fourth-order valence-corrected chi connectivity index (χ4v) is 3.97. The molecule has 0 fully saturated rings. The average Bonchev–Trinajstić information content (AvgIpc) is 2.64. The minimum atomic E-state index is -0.830. The first-order valence-corrected chi connectivity index (χ1v) is 9.35.